The molecule has 3 nitrogen and oxygen atoms in total. The van der Waals surface area contributed by atoms with Crippen molar-refractivity contribution in [2.24, 2.45) is 0 Å². The number of nitrogens with zero attached hydrogens (tertiary/aromatic N) is 1. The van der Waals surface area contributed by atoms with Crippen molar-refractivity contribution in [3.05, 3.63) is 29.3 Å². The standard InChI is InChI=1S/C14H19NO2S/c1-11-3-4-12(13(9-11)16-2)10-14(18)15-5-7-17-8-6-15/h3-4,9H,5-8,10H2,1-2H3. The lowest BCUT2D eigenvalue weighted by Gasteiger charge is -2.29. The lowest BCUT2D eigenvalue weighted by molar-refractivity contribution is 0.0684. The smallest absolute Gasteiger partial charge is 0.122 e. The number of aryl methyl sites for hydroxylation is 1. The highest BCUT2D eigenvalue weighted by atomic mass is 32.1. The van der Waals surface area contributed by atoms with Crippen LogP contribution in [0.1, 0.15) is 11.1 Å². The first-order valence-electron chi connectivity index (χ1n) is 6.20. The number of benzene rings is 1. The second-order valence-electron chi connectivity index (χ2n) is 4.49. The molecule has 0 N–H and O–H groups in total. The molecule has 1 aliphatic heterocycles. The van der Waals surface area contributed by atoms with Gasteiger partial charge in [-0.25, -0.2) is 0 Å². The number of thiocarbonyl (C=S) groups is 1. The predicted octanol–water partition coefficient (Wildman–Crippen LogP) is 2.21. The number of rotatable bonds is 3. The van der Waals surface area contributed by atoms with Crippen LogP contribution in [0.2, 0.25) is 0 Å². The summed E-state index contributed by atoms with van der Waals surface area (Å²) < 4.78 is 10.7. The van der Waals surface area contributed by atoms with Crippen LogP contribution in [-0.2, 0) is 11.2 Å². The van der Waals surface area contributed by atoms with Crippen molar-refractivity contribution in [2.45, 2.75) is 13.3 Å². The molecule has 1 saturated heterocycles. The Morgan fingerprint density at radius 2 is 2.11 bits per heavy atom. The van der Waals surface area contributed by atoms with E-state index in [9.17, 15) is 0 Å². The van der Waals surface area contributed by atoms with E-state index in [1.54, 1.807) is 7.11 Å². The molecule has 0 saturated carbocycles. The van der Waals surface area contributed by atoms with Gasteiger partial charge in [0.25, 0.3) is 0 Å². The van der Waals surface area contributed by atoms with Crippen LogP contribution in [0, 0.1) is 6.92 Å². The molecular weight excluding hydrogens is 246 g/mol. The lowest BCUT2D eigenvalue weighted by Crippen LogP contribution is -2.40. The van der Waals surface area contributed by atoms with Crippen molar-refractivity contribution in [1.29, 1.82) is 0 Å². The van der Waals surface area contributed by atoms with Crippen LogP contribution in [0.5, 0.6) is 5.75 Å². The summed E-state index contributed by atoms with van der Waals surface area (Å²) in [6, 6.07) is 6.25. The zero-order valence-corrected chi connectivity index (χ0v) is 11.8. The van der Waals surface area contributed by atoms with E-state index in [-0.39, 0.29) is 0 Å². The van der Waals surface area contributed by atoms with E-state index in [0.717, 1.165) is 49.0 Å². The molecule has 0 atom stereocenters. The predicted molar refractivity (Wildman–Crippen MR) is 76.4 cm³/mol. The molecule has 0 aliphatic carbocycles. The van der Waals surface area contributed by atoms with Gasteiger partial charge in [0.05, 0.1) is 25.3 Å². The third kappa shape index (κ3) is 3.21. The van der Waals surface area contributed by atoms with Gasteiger partial charge in [-0.15, -0.1) is 0 Å². The molecule has 4 heteroatoms. The van der Waals surface area contributed by atoms with E-state index >= 15 is 0 Å². The summed E-state index contributed by atoms with van der Waals surface area (Å²) in [5.41, 5.74) is 2.35. The second-order valence-corrected chi connectivity index (χ2v) is 4.96. The average Bonchev–Trinajstić information content (AvgIpc) is 2.41. The third-order valence-corrected chi connectivity index (χ3v) is 3.55. The molecule has 0 spiro atoms. The van der Waals surface area contributed by atoms with Gasteiger partial charge in [-0.1, -0.05) is 24.4 Å². The van der Waals surface area contributed by atoms with E-state index in [4.69, 9.17) is 21.7 Å². The van der Waals surface area contributed by atoms with Gasteiger partial charge in [-0.3, -0.25) is 0 Å². The molecule has 0 aromatic heterocycles. The van der Waals surface area contributed by atoms with Gasteiger partial charge in [0.2, 0.25) is 0 Å². The minimum atomic E-state index is 0.763. The average molecular weight is 265 g/mol. The molecular formula is C14H19NO2S. The summed E-state index contributed by atoms with van der Waals surface area (Å²) in [5.74, 6) is 0.922. The highest BCUT2D eigenvalue weighted by Crippen LogP contribution is 2.21. The number of ether oxygens (including phenoxy) is 2. The normalized spacial score (nSPS) is 15.6. The first-order valence-corrected chi connectivity index (χ1v) is 6.60. The van der Waals surface area contributed by atoms with Crippen LogP contribution in [0.4, 0.5) is 0 Å². The van der Waals surface area contributed by atoms with E-state index < -0.39 is 0 Å². The topological polar surface area (TPSA) is 21.7 Å². The summed E-state index contributed by atoms with van der Waals surface area (Å²) in [6.45, 7) is 5.39. The molecule has 0 unspecified atom stereocenters. The summed E-state index contributed by atoms with van der Waals surface area (Å²) in [6.07, 6.45) is 0.763. The molecule has 0 radical (unpaired) electrons. The molecule has 1 aromatic carbocycles. The second kappa shape index (κ2) is 6.16. The minimum Gasteiger partial charge on any atom is -0.496 e. The molecule has 1 fully saturated rings. The van der Waals surface area contributed by atoms with Gasteiger partial charge < -0.3 is 14.4 Å². The Balaban J connectivity index is 2.06. The highest BCUT2D eigenvalue weighted by Gasteiger charge is 2.15. The van der Waals surface area contributed by atoms with Gasteiger partial charge in [-0.2, -0.15) is 0 Å². The number of methoxy groups -OCH3 is 1. The summed E-state index contributed by atoms with van der Waals surface area (Å²) >= 11 is 5.51. The van der Waals surface area contributed by atoms with E-state index in [0.29, 0.717) is 0 Å². The Kier molecular flexibility index (Phi) is 4.55. The Hall–Kier alpha value is -1.13. The summed E-state index contributed by atoms with van der Waals surface area (Å²) in [5, 5.41) is 0. The van der Waals surface area contributed by atoms with Crippen LogP contribution in [-0.4, -0.2) is 43.3 Å². The van der Waals surface area contributed by atoms with Gasteiger partial charge in [0, 0.05) is 25.1 Å². The lowest BCUT2D eigenvalue weighted by atomic mass is 10.1. The Labute approximate surface area is 114 Å². The van der Waals surface area contributed by atoms with Crippen LogP contribution in [0.25, 0.3) is 0 Å². The summed E-state index contributed by atoms with van der Waals surface area (Å²) in [4.78, 5) is 3.19. The SMILES string of the molecule is COc1cc(C)ccc1CC(=S)N1CCOCC1. The van der Waals surface area contributed by atoms with E-state index in [1.165, 1.54) is 5.56 Å². The number of hydrogen-bond donors (Lipinski definition) is 0. The van der Waals surface area contributed by atoms with Crippen LogP contribution < -0.4 is 4.74 Å². The molecule has 1 aromatic rings. The number of hydrogen-bond acceptors (Lipinski definition) is 3. The van der Waals surface area contributed by atoms with Crippen molar-refractivity contribution in [3.63, 3.8) is 0 Å². The zero-order valence-electron chi connectivity index (χ0n) is 10.9. The fraction of sp³-hybridized carbons (Fsp3) is 0.500. The molecule has 18 heavy (non-hydrogen) atoms. The first kappa shape index (κ1) is 13.3. The molecule has 2 rings (SSSR count). The molecule has 1 heterocycles. The van der Waals surface area contributed by atoms with E-state index in [1.807, 2.05) is 0 Å². The molecule has 1 aliphatic rings. The Morgan fingerprint density at radius 3 is 2.78 bits per heavy atom. The largest absolute Gasteiger partial charge is 0.496 e. The minimum absolute atomic E-state index is 0.763. The van der Waals surface area contributed by atoms with Gasteiger partial charge in [0.15, 0.2) is 0 Å². The Morgan fingerprint density at radius 1 is 1.39 bits per heavy atom. The van der Waals surface area contributed by atoms with E-state index in [2.05, 4.69) is 30.0 Å². The van der Waals surface area contributed by atoms with Gasteiger partial charge in [-0.05, 0) is 18.6 Å². The van der Waals surface area contributed by atoms with Crippen molar-refractivity contribution in [1.82, 2.24) is 4.90 Å². The Bertz CT molecular complexity index is 428. The van der Waals surface area contributed by atoms with Crippen molar-refractivity contribution in [2.75, 3.05) is 33.4 Å². The number of morpholine rings is 1. The van der Waals surface area contributed by atoms with Crippen LogP contribution in [0.15, 0.2) is 18.2 Å². The van der Waals surface area contributed by atoms with Crippen LogP contribution >= 0.6 is 12.2 Å². The maximum Gasteiger partial charge on any atom is 0.122 e. The molecule has 98 valence electrons. The quantitative estimate of drug-likeness (QED) is 0.781. The summed E-state index contributed by atoms with van der Waals surface area (Å²) in [7, 11) is 1.70. The highest BCUT2D eigenvalue weighted by molar-refractivity contribution is 7.80. The molecule has 0 amide bonds. The third-order valence-electron chi connectivity index (χ3n) is 3.15. The van der Waals surface area contributed by atoms with Crippen molar-refractivity contribution >= 4 is 17.2 Å². The maximum absolute atomic E-state index is 5.51. The maximum atomic E-state index is 5.51. The van der Waals surface area contributed by atoms with Crippen molar-refractivity contribution in [3.8, 4) is 5.75 Å². The molecule has 0 bridgehead atoms. The van der Waals surface area contributed by atoms with Crippen LogP contribution in [0.3, 0.4) is 0 Å². The first-order chi connectivity index (χ1) is 8.70. The fourth-order valence-electron chi connectivity index (χ4n) is 2.09. The monoisotopic (exact) mass is 265 g/mol. The fourth-order valence-corrected chi connectivity index (χ4v) is 2.42. The van der Waals surface area contributed by atoms with Gasteiger partial charge in [0.1, 0.15) is 5.75 Å². The van der Waals surface area contributed by atoms with Crippen molar-refractivity contribution < 1.29 is 9.47 Å². The zero-order chi connectivity index (χ0) is 13.0. The van der Waals surface area contributed by atoms with Gasteiger partial charge >= 0.3 is 0 Å².